The zero-order valence-electron chi connectivity index (χ0n) is 13.0. The highest BCUT2D eigenvalue weighted by Crippen LogP contribution is 2.21. The van der Waals surface area contributed by atoms with Gasteiger partial charge in [-0.15, -0.1) is 0 Å². The van der Waals surface area contributed by atoms with Crippen LogP contribution < -0.4 is 10.1 Å². The van der Waals surface area contributed by atoms with E-state index in [4.69, 9.17) is 14.9 Å². The summed E-state index contributed by atoms with van der Waals surface area (Å²) in [5.74, 6) is -0.137. The van der Waals surface area contributed by atoms with Crippen LogP contribution in [-0.4, -0.2) is 41.2 Å². The minimum Gasteiger partial charge on any atom is -0.480 e. The Balaban J connectivity index is 1.98. The van der Waals surface area contributed by atoms with E-state index in [0.717, 1.165) is 0 Å². The fourth-order valence-electron chi connectivity index (χ4n) is 2.12. The Kier molecular flexibility index (Phi) is 6.48. The average molecular weight is 329 g/mol. The second-order valence-corrected chi connectivity index (χ2v) is 5.14. The van der Waals surface area contributed by atoms with Gasteiger partial charge in [0, 0.05) is 18.5 Å². The smallest absolute Gasteiger partial charge is 0.321 e. The van der Waals surface area contributed by atoms with E-state index in [1.54, 1.807) is 24.3 Å². The number of aliphatic carboxylic acids is 1. The van der Waals surface area contributed by atoms with Gasteiger partial charge >= 0.3 is 5.97 Å². The second kappa shape index (κ2) is 8.81. The maximum Gasteiger partial charge on any atom is 0.321 e. The Morgan fingerprint density at radius 3 is 2.21 bits per heavy atom. The van der Waals surface area contributed by atoms with Gasteiger partial charge in [-0.25, -0.2) is 0 Å². The average Bonchev–Trinajstić information content (AvgIpc) is 2.59. The number of ketones is 1. The maximum absolute atomic E-state index is 12.2. The van der Waals surface area contributed by atoms with E-state index >= 15 is 0 Å². The molecule has 0 amide bonds. The summed E-state index contributed by atoms with van der Waals surface area (Å²) in [6.07, 6.45) is -0.186. The Bertz CT molecular complexity index is 670. The topological polar surface area (TPSA) is 95.9 Å². The third-order valence-corrected chi connectivity index (χ3v) is 3.35. The molecule has 6 nitrogen and oxygen atoms in total. The molecule has 1 unspecified atom stereocenters. The zero-order chi connectivity index (χ0) is 17.4. The van der Waals surface area contributed by atoms with Crippen LogP contribution in [0.3, 0.4) is 0 Å². The van der Waals surface area contributed by atoms with Crippen molar-refractivity contribution in [3.05, 3.63) is 60.2 Å². The van der Waals surface area contributed by atoms with Crippen LogP contribution >= 0.6 is 0 Å². The van der Waals surface area contributed by atoms with Crippen molar-refractivity contribution in [1.82, 2.24) is 5.32 Å². The van der Waals surface area contributed by atoms with Gasteiger partial charge < -0.3 is 20.3 Å². The molecule has 0 spiro atoms. The first kappa shape index (κ1) is 17.7. The first-order chi connectivity index (χ1) is 11.6. The SMILES string of the molecule is O=C(CC(NCCO)C(=O)O)c1ccc(Oc2ccccc2)cc1. The van der Waals surface area contributed by atoms with Crippen LogP contribution in [0.2, 0.25) is 0 Å². The molecule has 0 aromatic heterocycles. The fourth-order valence-corrected chi connectivity index (χ4v) is 2.12. The quantitative estimate of drug-likeness (QED) is 0.610. The number of hydrogen-bond acceptors (Lipinski definition) is 5. The van der Waals surface area contributed by atoms with E-state index in [9.17, 15) is 9.59 Å². The number of carboxylic acid groups (broad SMARTS) is 1. The van der Waals surface area contributed by atoms with Crippen molar-refractivity contribution in [2.75, 3.05) is 13.2 Å². The van der Waals surface area contributed by atoms with Gasteiger partial charge in [0.05, 0.1) is 6.61 Å². The molecule has 0 aliphatic carbocycles. The van der Waals surface area contributed by atoms with E-state index in [1.165, 1.54) is 0 Å². The van der Waals surface area contributed by atoms with Crippen LogP contribution in [-0.2, 0) is 4.79 Å². The molecule has 0 aliphatic heterocycles. The number of rotatable bonds is 9. The van der Waals surface area contributed by atoms with Gasteiger partial charge in [-0.3, -0.25) is 9.59 Å². The Labute approximate surface area is 139 Å². The monoisotopic (exact) mass is 329 g/mol. The summed E-state index contributed by atoms with van der Waals surface area (Å²) in [5, 5.41) is 20.5. The number of aliphatic hydroxyl groups excluding tert-OH is 1. The van der Waals surface area contributed by atoms with Gasteiger partial charge in [-0.05, 0) is 36.4 Å². The molecule has 0 saturated heterocycles. The Hall–Kier alpha value is -2.70. The molecule has 2 aromatic rings. The predicted molar refractivity (Wildman–Crippen MR) is 88.4 cm³/mol. The number of benzene rings is 2. The molecule has 126 valence electrons. The minimum absolute atomic E-state index is 0.119. The predicted octanol–water partition coefficient (Wildman–Crippen LogP) is 2.09. The number of carbonyl (C=O) groups is 2. The summed E-state index contributed by atoms with van der Waals surface area (Å²) in [7, 11) is 0. The first-order valence-electron chi connectivity index (χ1n) is 7.53. The molecule has 2 aromatic carbocycles. The molecule has 6 heteroatoms. The Morgan fingerprint density at radius 2 is 1.62 bits per heavy atom. The number of aliphatic hydroxyl groups is 1. The summed E-state index contributed by atoms with van der Waals surface area (Å²) in [4.78, 5) is 23.3. The summed E-state index contributed by atoms with van der Waals surface area (Å²) in [6, 6.07) is 14.8. The molecule has 1 atom stereocenters. The summed E-state index contributed by atoms with van der Waals surface area (Å²) in [5.41, 5.74) is 0.410. The molecule has 0 saturated carbocycles. The first-order valence-corrected chi connectivity index (χ1v) is 7.53. The van der Waals surface area contributed by atoms with Gasteiger partial charge in [-0.2, -0.15) is 0 Å². The van der Waals surface area contributed by atoms with Crippen molar-refractivity contribution < 1.29 is 24.5 Å². The van der Waals surface area contributed by atoms with Gasteiger partial charge in [0.2, 0.25) is 0 Å². The number of hydrogen-bond donors (Lipinski definition) is 3. The lowest BCUT2D eigenvalue weighted by atomic mass is 10.0. The van der Waals surface area contributed by atoms with Gasteiger partial charge in [-0.1, -0.05) is 18.2 Å². The molecule has 3 N–H and O–H groups in total. The van der Waals surface area contributed by atoms with Crippen molar-refractivity contribution in [2.45, 2.75) is 12.5 Å². The third kappa shape index (κ3) is 5.19. The van der Waals surface area contributed by atoms with Gasteiger partial charge in [0.15, 0.2) is 5.78 Å². The number of carboxylic acids is 1. The number of ether oxygens (including phenoxy) is 1. The molecule has 0 fully saturated rings. The zero-order valence-corrected chi connectivity index (χ0v) is 13.0. The van der Waals surface area contributed by atoms with Crippen LogP contribution in [0, 0.1) is 0 Å². The largest absolute Gasteiger partial charge is 0.480 e. The maximum atomic E-state index is 12.2. The number of nitrogens with one attached hydrogen (secondary N) is 1. The third-order valence-electron chi connectivity index (χ3n) is 3.35. The Morgan fingerprint density at radius 1 is 1.00 bits per heavy atom. The molecule has 0 radical (unpaired) electrons. The minimum atomic E-state index is -1.12. The van der Waals surface area contributed by atoms with E-state index in [1.807, 2.05) is 30.3 Å². The molecule has 24 heavy (non-hydrogen) atoms. The fraction of sp³-hybridized carbons (Fsp3) is 0.222. The van der Waals surface area contributed by atoms with Crippen molar-refractivity contribution in [1.29, 1.82) is 0 Å². The molecular weight excluding hydrogens is 310 g/mol. The van der Waals surface area contributed by atoms with Crippen LogP contribution in [0.4, 0.5) is 0 Å². The van der Waals surface area contributed by atoms with E-state index < -0.39 is 12.0 Å². The lowest BCUT2D eigenvalue weighted by molar-refractivity contribution is -0.139. The van der Waals surface area contributed by atoms with E-state index in [0.29, 0.717) is 17.1 Å². The van der Waals surface area contributed by atoms with Crippen molar-refractivity contribution in [2.24, 2.45) is 0 Å². The van der Waals surface area contributed by atoms with E-state index in [2.05, 4.69) is 5.32 Å². The number of para-hydroxylation sites is 1. The van der Waals surface area contributed by atoms with Crippen molar-refractivity contribution >= 4 is 11.8 Å². The van der Waals surface area contributed by atoms with E-state index in [-0.39, 0.29) is 25.4 Å². The van der Waals surface area contributed by atoms with Crippen LogP contribution in [0.15, 0.2) is 54.6 Å². The van der Waals surface area contributed by atoms with Gasteiger partial charge in [0.1, 0.15) is 17.5 Å². The van der Waals surface area contributed by atoms with Crippen LogP contribution in [0.5, 0.6) is 11.5 Å². The van der Waals surface area contributed by atoms with Gasteiger partial charge in [0.25, 0.3) is 0 Å². The normalized spacial score (nSPS) is 11.7. The highest BCUT2D eigenvalue weighted by Gasteiger charge is 2.21. The highest BCUT2D eigenvalue weighted by atomic mass is 16.5. The lowest BCUT2D eigenvalue weighted by Gasteiger charge is -2.13. The molecule has 0 bridgehead atoms. The summed E-state index contributed by atoms with van der Waals surface area (Å²) < 4.78 is 5.64. The van der Waals surface area contributed by atoms with Crippen LogP contribution in [0.1, 0.15) is 16.8 Å². The molecule has 0 aliphatic rings. The van der Waals surface area contributed by atoms with Crippen molar-refractivity contribution in [3.63, 3.8) is 0 Å². The van der Waals surface area contributed by atoms with Crippen molar-refractivity contribution in [3.8, 4) is 11.5 Å². The standard InChI is InChI=1S/C18H19NO5/c20-11-10-19-16(18(22)23)12-17(21)13-6-8-15(9-7-13)24-14-4-2-1-3-5-14/h1-9,16,19-20H,10-12H2,(H,22,23). The molecule has 0 heterocycles. The lowest BCUT2D eigenvalue weighted by Crippen LogP contribution is -2.39. The van der Waals surface area contributed by atoms with Crippen LogP contribution in [0.25, 0.3) is 0 Å². The summed E-state index contributed by atoms with van der Waals surface area (Å²) in [6.45, 7) is -0.0718. The second-order valence-electron chi connectivity index (χ2n) is 5.14. The molecule has 2 rings (SSSR count). The highest BCUT2D eigenvalue weighted by molar-refractivity contribution is 5.98. The number of Topliss-reactive ketones (excluding diaryl/α,β-unsaturated/α-hetero) is 1. The molecular formula is C18H19NO5. The summed E-state index contributed by atoms with van der Waals surface area (Å²) >= 11 is 0. The number of carbonyl (C=O) groups excluding carboxylic acids is 1.